The highest BCUT2D eigenvalue weighted by molar-refractivity contribution is 6.31. The van der Waals surface area contributed by atoms with Gasteiger partial charge in [-0.3, -0.25) is 9.59 Å². The fourth-order valence-corrected chi connectivity index (χ4v) is 3.70. The molecule has 0 fully saturated rings. The topological polar surface area (TPSA) is 65.0 Å². The van der Waals surface area contributed by atoms with Crippen molar-refractivity contribution in [3.63, 3.8) is 0 Å². The first-order valence-electron chi connectivity index (χ1n) is 10.1. The first-order valence-corrected chi connectivity index (χ1v) is 10.4. The fraction of sp³-hybridized carbons (Fsp3) is 0.348. The number of benzene rings is 2. The second kappa shape index (κ2) is 10.4. The van der Waals surface area contributed by atoms with E-state index in [1.54, 1.807) is 0 Å². The molecule has 0 saturated heterocycles. The van der Waals surface area contributed by atoms with Crippen LogP contribution in [0.3, 0.4) is 0 Å². The van der Waals surface area contributed by atoms with Crippen LogP contribution in [-0.4, -0.2) is 54.6 Å². The van der Waals surface area contributed by atoms with Gasteiger partial charge in [-0.1, -0.05) is 60.1 Å². The molecule has 0 radical (unpaired) electrons. The second-order valence-corrected chi connectivity index (χ2v) is 7.89. The van der Waals surface area contributed by atoms with Crippen molar-refractivity contribution in [2.75, 3.05) is 27.2 Å². The number of hydrogen-bond acceptors (Lipinski definition) is 4. The maximum atomic E-state index is 12.5. The maximum Gasteiger partial charge on any atom is 0.243 e. The number of rotatable bonds is 8. The molecule has 1 aliphatic heterocycles. The molecule has 1 N–H and O–H groups in total. The van der Waals surface area contributed by atoms with Crippen LogP contribution in [0.15, 0.2) is 59.7 Å². The van der Waals surface area contributed by atoms with Crippen LogP contribution in [0.5, 0.6) is 0 Å². The number of carbonyl (C=O) groups is 2. The second-order valence-electron chi connectivity index (χ2n) is 7.48. The Morgan fingerprint density at radius 2 is 1.80 bits per heavy atom. The van der Waals surface area contributed by atoms with Gasteiger partial charge in [-0.2, -0.15) is 5.10 Å². The summed E-state index contributed by atoms with van der Waals surface area (Å²) in [6.07, 6.45) is 0.995. The Bertz CT molecular complexity index is 914. The summed E-state index contributed by atoms with van der Waals surface area (Å²) in [4.78, 5) is 26.8. The van der Waals surface area contributed by atoms with Crippen LogP contribution in [0.25, 0.3) is 0 Å². The van der Waals surface area contributed by atoms with Gasteiger partial charge in [0.1, 0.15) is 0 Å². The summed E-state index contributed by atoms with van der Waals surface area (Å²) in [7, 11) is 3.89. The average molecular weight is 427 g/mol. The highest BCUT2D eigenvalue weighted by Gasteiger charge is 2.22. The molecule has 3 rings (SSSR count). The van der Waals surface area contributed by atoms with Crippen molar-refractivity contribution in [3.05, 3.63) is 70.7 Å². The highest BCUT2D eigenvalue weighted by atomic mass is 35.5. The molecule has 2 aromatic rings. The Balaban J connectivity index is 1.49. The van der Waals surface area contributed by atoms with E-state index in [4.69, 9.17) is 11.6 Å². The maximum absolute atomic E-state index is 12.5. The summed E-state index contributed by atoms with van der Waals surface area (Å²) in [6, 6.07) is 17.4. The van der Waals surface area contributed by atoms with E-state index >= 15 is 0 Å². The summed E-state index contributed by atoms with van der Waals surface area (Å²) in [6.45, 7) is 0.976. The van der Waals surface area contributed by atoms with E-state index in [1.165, 1.54) is 5.01 Å². The largest absolute Gasteiger partial charge is 0.354 e. The summed E-state index contributed by atoms with van der Waals surface area (Å²) in [5, 5.41) is 9.50. The third-order valence-corrected chi connectivity index (χ3v) is 5.49. The molecular weight excluding hydrogens is 400 g/mol. The number of nitrogens with zero attached hydrogens (tertiary/aromatic N) is 3. The monoisotopic (exact) mass is 426 g/mol. The number of hydrazone groups is 1. The van der Waals surface area contributed by atoms with E-state index < -0.39 is 0 Å². The number of hydrogen-bond donors (Lipinski definition) is 1. The van der Waals surface area contributed by atoms with Gasteiger partial charge in [-0.25, -0.2) is 5.01 Å². The normalized spacial score (nSPS) is 14.5. The fourth-order valence-electron chi connectivity index (χ4n) is 3.44. The van der Waals surface area contributed by atoms with Crippen molar-refractivity contribution in [1.29, 1.82) is 0 Å². The zero-order chi connectivity index (χ0) is 21.5. The van der Waals surface area contributed by atoms with Gasteiger partial charge in [0.05, 0.1) is 18.3 Å². The van der Waals surface area contributed by atoms with Crippen molar-refractivity contribution in [2.24, 2.45) is 5.10 Å². The lowest BCUT2D eigenvalue weighted by Gasteiger charge is -2.26. The lowest BCUT2D eigenvalue weighted by atomic mass is 10.1. The average Bonchev–Trinajstić information content (AvgIpc) is 3.24. The van der Waals surface area contributed by atoms with Crippen LogP contribution in [0.2, 0.25) is 5.02 Å². The van der Waals surface area contributed by atoms with Gasteiger partial charge in [-0.15, -0.1) is 0 Å². The van der Waals surface area contributed by atoms with Crippen molar-refractivity contribution >= 4 is 29.1 Å². The van der Waals surface area contributed by atoms with Crippen molar-refractivity contribution in [3.8, 4) is 0 Å². The zero-order valence-corrected chi connectivity index (χ0v) is 18.1. The van der Waals surface area contributed by atoms with Gasteiger partial charge in [0.15, 0.2) is 0 Å². The van der Waals surface area contributed by atoms with Crippen LogP contribution in [0.1, 0.15) is 36.4 Å². The molecule has 0 unspecified atom stereocenters. The lowest BCUT2D eigenvalue weighted by molar-refractivity contribution is -0.133. The number of nitrogens with one attached hydrogen (secondary N) is 1. The smallest absolute Gasteiger partial charge is 0.243 e. The van der Waals surface area contributed by atoms with Crippen molar-refractivity contribution in [2.45, 2.75) is 25.3 Å². The van der Waals surface area contributed by atoms with Crippen LogP contribution in [-0.2, 0) is 9.59 Å². The molecule has 7 heteroatoms. The first kappa shape index (κ1) is 22.0. The molecule has 1 aliphatic rings. The summed E-state index contributed by atoms with van der Waals surface area (Å²) in [5.41, 5.74) is 2.89. The van der Waals surface area contributed by atoms with Crippen LogP contribution >= 0.6 is 11.6 Å². The van der Waals surface area contributed by atoms with Gasteiger partial charge in [-0.05, 0) is 31.3 Å². The lowest BCUT2D eigenvalue weighted by Crippen LogP contribution is -2.35. The zero-order valence-electron chi connectivity index (χ0n) is 17.3. The number of likely N-dealkylation sites (N-methyl/N-ethyl adjacent to an activating group) is 1. The molecule has 0 aliphatic carbocycles. The van der Waals surface area contributed by atoms with Gasteiger partial charge >= 0.3 is 0 Å². The van der Waals surface area contributed by atoms with E-state index in [0.717, 1.165) is 23.3 Å². The predicted octanol–water partition coefficient (Wildman–Crippen LogP) is 3.48. The SMILES string of the molecule is CN(C)[C@@H](CNC(=O)CCC(=O)N1CCC(c2ccccc2)=N1)c1ccccc1Cl. The summed E-state index contributed by atoms with van der Waals surface area (Å²) < 4.78 is 0. The molecule has 6 nitrogen and oxygen atoms in total. The third kappa shape index (κ3) is 5.68. The van der Waals surface area contributed by atoms with Crippen molar-refractivity contribution < 1.29 is 9.59 Å². The number of halogens is 1. The summed E-state index contributed by atoms with van der Waals surface area (Å²) >= 11 is 6.31. The van der Waals surface area contributed by atoms with Crippen LogP contribution in [0.4, 0.5) is 0 Å². The molecule has 2 aromatic carbocycles. The number of amides is 2. The molecule has 0 bridgehead atoms. The van der Waals surface area contributed by atoms with Gasteiger partial charge in [0.2, 0.25) is 11.8 Å². The Hall–Kier alpha value is -2.70. The minimum absolute atomic E-state index is 0.0463. The third-order valence-electron chi connectivity index (χ3n) is 5.14. The number of carbonyl (C=O) groups excluding carboxylic acids is 2. The van der Waals surface area contributed by atoms with Gasteiger partial charge in [0.25, 0.3) is 0 Å². The molecule has 0 spiro atoms. The molecule has 30 heavy (non-hydrogen) atoms. The van der Waals surface area contributed by atoms with E-state index in [0.29, 0.717) is 18.1 Å². The highest BCUT2D eigenvalue weighted by Crippen LogP contribution is 2.25. The minimum Gasteiger partial charge on any atom is -0.354 e. The van der Waals surface area contributed by atoms with Crippen LogP contribution in [0, 0.1) is 0 Å². The van der Waals surface area contributed by atoms with E-state index in [1.807, 2.05) is 73.6 Å². The predicted molar refractivity (Wildman–Crippen MR) is 119 cm³/mol. The first-order chi connectivity index (χ1) is 14.5. The molecule has 1 heterocycles. The molecule has 1 atom stereocenters. The molecule has 2 amide bonds. The standard InChI is InChI=1S/C23H27ClN4O2/c1-27(2)21(18-10-6-7-11-19(18)24)16-25-22(29)12-13-23(30)28-15-14-20(26-28)17-8-4-3-5-9-17/h3-11,21H,12-16H2,1-2H3,(H,25,29)/t21-/m0/s1. The van der Waals surface area contributed by atoms with E-state index in [9.17, 15) is 9.59 Å². The molecule has 158 valence electrons. The Kier molecular flexibility index (Phi) is 7.60. The Labute approximate surface area is 182 Å². The van der Waals surface area contributed by atoms with E-state index in [2.05, 4.69) is 10.4 Å². The Morgan fingerprint density at radius 1 is 1.10 bits per heavy atom. The Morgan fingerprint density at radius 3 is 2.50 bits per heavy atom. The van der Waals surface area contributed by atoms with Crippen LogP contribution < -0.4 is 5.32 Å². The summed E-state index contributed by atoms with van der Waals surface area (Å²) in [5.74, 6) is -0.292. The van der Waals surface area contributed by atoms with E-state index in [-0.39, 0.29) is 30.7 Å². The molecule has 0 saturated carbocycles. The van der Waals surface area contributed by atoms with Gasteiger partial charge < -0.3 is 10.2 Å². The molecular formula is C23H27ClN4O2. The quantitative estimate of drug-likeness (QED) is 0.702. The van der Waals surface area contributed by atoms with Gasteiger partial charge in [0, 0.05) is 30.8 Å². The van der Waals surface area contributed by atoms with Crippen molar-refractivity contribution in [1.82, 2.24) is 15.2 Å². The molecule has 0 aromatic heterocycles. The minimum atomic E-state index is -0.159.